The summed E-state index contributed by atoms with van der Waals surface area (Å²) in [5, 5.41) is 2.59. The maximum absolute atomic E-state index is 12.9. The average molecular weight is 362 g/mol. The van der Waals surface area contributed by atoms with Gasteiger partial charge >= 0.3 is 0 Å². The van der Waals surface area contributed by atoms with Crippen LogP contribution in [0.4, 0.5) is 0 Å². The Balaban J connectivity index is 1.95. The quantitative estimate of drug-likeness (QED) is 0.561. The van der Waals surface area contributed by atoms with Crippen LogP contribution < -0.4 is 10.3 Å². The highest BCUT2D eigenvalue weighted by Gasteiger charge is 2.17. The molecule has 0 atom stereocenters. The molecule has 0 fully saturated rings. The summed E-state index contributed by atoms with van der Waals surface area (Å²) in [6, 6.07) is 13.9. The molecule has 0 aliphatic carbocycles. The zero-order valence-electron chi connectivity index (χ0n) is 14.8. The fraction of sp³-hybridized carbons (Fsp3) is 0.143. The summed E-state index contributed by atoms with van der Waals surface area (Å²) in [4.78, 5) is 21.3. The lowest BCUT2D eigenvalue weighted by Gasteiger charge is -2.09. The Labute approximate surface area is 155 Å². The van der Waals surface area contributed by atoms with E-state index < -0.39 is 0 Å². The molecule has 2 aromatic carbocycles. The van der Waals surface area contributed by atoms with Crippen molar-refractivity contribution in [2.24, 2.45) is 0 Å². The molecular weight excluding hydrogens is 344 g/mol. The molecule has 0 bridgehead atoms. The third-order valence-electron chi connectivity index (χ3n) is 4.49. The highest BCUT2D eigenvalue weighted by Crippen LogP contribution is 2.37. The molecule has 0 spiro atoms. The Kier molecular flexibility index (Phi) is 4.09. The van der Waals surface area contributed by atoms with E-state index in [1.807, 2.05) is 61.7 Å². The molecule has 0 saturated carbocycles. The third-order valence-corrected chi connectivity index (χ3v) is 5.36. The number of hydrogen-bond donors (Lipinski definition) is 1. The number of thiophene rings is 1. The summed E-state index contributed by atoms with van der Waals surface area (Å²) in [6.07, 6.45) is 0. The molecular formula is C21H18N2O2S. The van der Waals surface area contributed by atoms with Gasteiger partial charge in [-0.15, -0.1) is 11.3 Å². The number of nitrogens with one attached hydrogen (secondary N) is 1. The molecule has 0 saturated heterocycles. The van der Waals surface area contributed by atoms with Crippen LogP contribution >= 0.6 is 11.3 Å². The number of nitrogens with zero attached hydrogens (tertiary/aromatic N) is 1. The zero-order valence-corrected chi connectivity index (χ0v) is 15.6. The topological polar surface area (TPSA) is 55.0 Å². The van der Waals surface area contributed by atoms with Crippen LogP contribution in [0.3, 0.4) is 0 Å². The zero-order chi connectivity index (χ0) is 18.3. The summed E-state index contributed by atoms with van der Waals surface area (Å²) in [6.45, 7) is 4.03. The fourth-order valence-corrected chi connectivity index (χ4v) is 4.08. The van der Waals surface area contributed by atoms with Crippen molar-refractivity contribution in [3.05, 3.63) is 69.3 Å². The molecule has 4 nitrogen and oxygen atoms in total. The average Bonchev–Trinajstić information content (AvgIpc) is 3.06. The Morgan fingerprint density at radius 1 is 1.04 bits per heavy atom. The van der Waals surface area contributed by atoms with Crippen LogP contribution in [0, 0.1) is 13.8 Å². The molecule has 0 aliphatic rings. The highest BCUT2D eigenvalue weighted by atomic mass is 32.1. The first-order valence-electron chi connectivity index (χ1n) is 8.31. The summed E-state index contributed by atoms with van der Waals surface area (Å²) in [7, 11) is 1.64. The predicted molar refractivity (Wildman–Crippen MR) is 107 cm³/mol. The van der Waals surface area contributed by atoms with Crippen LogP contribution in [-0.2, 0) is 0 Å². The summed E-state index contributed by atoms with van der Waals surface area (Å²) in [5.41, 5.74) is 4.76. The number of hydrogen-bond acceptors (Lipinski definition) is 4. The van der Waals surface area contributed by atoms with Gasteiger partial charge in [-0.25, -0.2) is 4.98 Å². The first-order chi connectivity index (χ1) is 12.6. The van der Waals surface area contributed by atoms with Gasteiger partial charge in [0.2, 0.25) is 0 Å². The normalized spacial score (nSPS) is 11.0. The van der Waals surface area contributed by atoms with E-state index in [9.17, 15) is 4.79 Å². The summed E-state index contributed by atoms with van der Waals surface area (Å²) in [5.74, 6) is 1.35. The number of rotatable bonds is 3. The van der Waals surface area contributed by atoms with E-state index in [2.05, 4.69) is 4.98 Å². The van der Waals surface area contributed by atoms with Gasteiger partial charge < -0.3 is 9.72 Å². The van der Waals surface area contributed by atoms with E-state index in [1.54, 1.807) is 7.11 Å². The Hall–Kier alpha value is -2.92. The van der Waals surface area contributed by atoms with Crippen LogP contribution in [-0.4, -0.2) is 17.1 Å². The molecule has 2 heterocycles. The maximum Gasteiger partial charge on any atom is 0.260 e. The lowest BCUT2D eigenvalue weighted by Crippen LogP contribution is -2.09. The monoisotopic (exact) mass is 362 g/mol. The van der Waals surface area contributed by atoms with Gasteiger partial charge in [-0.2, -0.15) is 0 Å². The van der Waals surface area contributed by atoms with Gasteiger partial charge in [-0.05, 0) is 31.5 Å². The molecule has 5 heteroatoms. The number of benzene rings is 2. The van der Waals surface area contributed by atoms with E-state index in [-0.39, 0.29) is 5.56 Å². The second-order valence-electron chi connectivity index (χ2n) is 6.26. The fourth-order valence-electron chi connectivity index (χ4n) is 3.15. The number of aromatic nitrogens is 2. The molecule has 0 aliphatic heterocycles. The number of aromatic amines is 1. The van der Waals surface area contributed by atoms with E-state index in [0.29, 0.717) is 11.2 Å². The van der Waals surface area contributed by atoms with E-state index in [0.717, 1.165) is 38.4 Å². The van der Waals surface area contributed by atoms with Gasteiger partial charge in [0.25, 0.3) is 5.56 Å². The molecule has 0 radical (unpaired) electrons. The smallest absolute Gasteiger partial charge is 0.260 e. The number of H-pyrrole nitrogens is 1. The minimum absolute atomic E-state index is 0.131. The van der Waals surface area contributed by atoms with E-state index >= 15 is 0 Å². The van der Waals surface area contributed by atoms with E-state index in [1.165, 1.54) is 11.3 Å². The van der Waals surface area contributed by atoms with Crippen molar-refractivity contribution in [2.75, 3.05) is 7.11 Å². The second-order valence-corrected chi connectivity index (χ2v) is 7.12. The minimum atomic E-state index is -0.131. The van der Waals surface area contributed by atoms with Gasteiger partial charge in [-0.1, -0.05) is 35.9 Å². The van der Waals surface area contributed by atoms with Crippen molar-refractivity contribution < 1.29 is 4.74 Å². The molecule has 0 unspecified atom stereocenters. The summed E-state index contributed by atoms with van der Waals surface area (Å²) >= 11 is 1.48. The second kappa shape index (κ2) is 6.42. The molecule has 26 heavy (non-hydrogen) atoms. The van der Waals surface area contributed by atoms with Gasteiger partial charge in [-0.3, -0.25) is 4.79 Å². The molecule has 1 N–H and O–H groups in total. The van der Waals surface area contributed by atoms with Crippen molar-refractivity contribution in [1.29, 1.82) is 0 Å². The molecule has 4 rings (SSSR count). The standard InChI is InChI=1S/C21H18N2O2S/c1-12-8-9-17(25-3)15(10-12)16-11-26-21-18(16)20(24)22-19(23-21)14-7-5-4-6-13(14)2/h4-11H,1-3H3,(H,22,23,24). The number of ether oxygens (including phenoxy) is 1. The van der Waals surface area contributed by atoms with Gasteiger partial charge in [0, 0.05) is 22.1 Å². The predicted octanol–water partition coefficient (Wildman–Crippen LogP) is 4.94. The SMILES string of the molecule is COc1ccc(C)cc1-c1csc2nc(-c3ccccc3C)[nH]c(=O)c12. The van der Waals surface area contributed by atoms with Gasteiger partial charge in [0.15, 0.2) is 0 Å². The first kappa shape index (κ1) is 16.5. The lowest BCUT2D eigenvalue weighted by molar-refractivity contribution is 0.416. The van der Waals surface area contributed by atoms with Crippen molar-refractivity contribution in [1.82, 2.24) is 9.97 Å². The van der Waals surface area contributed by atoms with Crippen molar-refractivity contribution >= 4 is 21.6 Å². The molecule has 4 aromatic rings. The Morgan fingerprint density at radius 2 is 1.85 bits per heavy atom. The maximum atomic E-state index is 12.9. The minimum Gasteiger partial charge on any atom is -0.496 e. The van der Waals surface area contributed by atoms with Crippen LogP contribution in [0.25, 0.3) is 32.7 Å². The van der Waals surface area contributed by atoms with Crippen molar-refractivity contribution in [2.45, 2.75) is 13.8 Å². The lowest BCUT2D eigenvalue weighted by atomic mass is 10.0. The van der Waals surface area contributed by atoms with Crippen LogP contribution in [0.5, 0.6) is 5.75 Å². The van der Waals surface area contributed by atoms with Gasteiger partial charge in [0.05, 0.1) is 12.5 Å². The molecule has 2 aromatic heterocycles. The van der Waals surface area contributed by atoms with E-state index in [4.69, 9.17) is 9.72 Å². The van der Waals surface area contributed by atoms with Crippen LogP contribution in [0.1, 0.15) is 11.1 Å². The number of aryl methyl sites for hydroxylation is 2. The van der Waals surface area contributed by atoms with Gasteiger partial charge in [0.1, 0.15) is 16.4 Å². The molecule has 0 amide bonds. The number of fused-ring (bicyclic) bond motifs is 1. The van der Waals surface area contributed by atoms with Crippen LogP contribution in [0.15, 0.2) is 52.6 Å². The Morgan fingerprint density at radius 3 is 2.62 bits per heavy atom. The van der Waals surface area contributed by atoms with Crippen molar-refractivity contribution in [3.63, 3.8) is 0 Å². The first-order valence-corrected chi connectivity index (χ1v) is 9.19. The Bertz CT molecular complexity index is 1170. The highest BCUT2D eigenvalue weighted by molar-refractivity contribution is 7.17. The van der Waals surface area contributed by atoms with Crippen LogP contribution in [0.2, 0.25) is 0 Å². The summed E-state index contributed by atoms with van der Waals surface area (Å²) < 4.78 is 5.49. The molecule has 130 valence electrons. The van der Waals surface area contributed by atoms with Crippen molar-refractivity contribution in [3.8, 4) is 28.3 Å². The third kappa shape index (κ3) is 2.70. The largest absolute Gasteiger partial charge is 0.496 e. The number of methoxy groups -OCH3 is 1.